The van der Waals surface area contributed by atoms with Crippen molar-refractivity contribution in [3.8, 4) is 5.75 Å². The van der Waals surface area contributed by atoms with Crippen LogP contribution in [0.15, 0.2) is 24.3 Å². The van der Waals surface area contributed by atoms with E-state index in [0.717, 1.165) is 11.1 Å². The summed E-state index contributed by atoms with van der Waals surface area (Å²) in [5.74, 6) is 0.390. The molecule has 0 saturated heterocycles. The first-order chi connectivity index (χ1) is 10.5. The van der Waals surface area contributed by atoms with Crippen LogP contribution < -0.4 is 4.74 Å². The van der Waals surface area contributed by atoms with Crippen molar-refractivity contribution in [2.24, 2.45) is 0 Å². The fraction of sp³-hybridized carbons (Fsp3) is 0.571. The third kappa shape index (κ3) is 6.21. The fourth-order valence-corrected chi connectivity index (χ4v) is 2.27. The molecule has 1 aromatic carbocycles. The number of allylic oxidation sites excluding steroid dienone is 1. The van der Waals surface area contributed by atoms with Gasteiger partial charge in [-0.3, -0.25) is 0 Å². The summed E-state index contributed by atoms with van der Waals surface area (Å²) < 4.78 is 5.70. The van der Waals surface area contributed by atoms with E-state index < -0.39 is 0 Å². The Labute approximate surface area is 142 Å². The second-order valence-electron chi connectivity index (χ2n) is 7.61. The molecule has 0 aliphatic rings. The smallest absolute Gasteiger partial charge is 0.335 e. The van der Waals surface area contributed by atoms with E-state index in [0.29, 0.717) is 5.75 Å². The minimum absolute atomic E-state index is 0.0858. The molecule has 2 nitrogen and oxygen atoms in total. The van der Waals surface area contributed by atoms with E-state index in [-0.39, 0.29) is 16.8 Å². The molecule has 0 saturated carbocycles. The maximum atomic E-state index is 11.9. The van der Waals surface area contributed by atoms with Crippen LogP contribution >= 0.6 is 0 Å². The third-order valence-electron chi connectivity index (χ3n) is 3.35. The van der Waals surface area contributed by atoms with E-state index in [9.17, 15) is 4.79 Å². The van der Waals surface area contributed by atoms with Crippen LogP contribution in [0.2, 0.25) is 0 Å². The molecule has 0 atom stereocenters. The number of ether oxygens (including phenoxy) is 1. The van der Waals surface area contributed by atoms with Gasteiger partial charge in [-0.2, -0.15) is 0 Å². The van der Waals surface area contributed by atoms with Gasteiger partial charge in [-0.05, 0) is 24.7 Å². The first-order valence-electron chi connectivity index (χ1n) is 8.47. The number of aryl methyl sites for hydroxylation is 1. The molecule has 1 rings (SSSR count). The molecule has 0 aliphatic carbocycles. The van der Waals surface area contributed by atoms with Crippen molar-refractivity contribution in [1.29, 1.82) is 0 Å². The lowest BCUT2D eigenvalue weighted by Crippen LogP contribution is -2.21. The van der Waals surface area contributed by atoms with Crippen molar-refractivity contribution >= 4 is 5.97 Å². The van der Waals surface area contributed by atoms with E-state index in [1.165, 1.54) is 11.6 Å². The minimum atomic E-state index is -0.322. The fourth-order valence-electron chi connectivity index (χ4n) is 2.27. The van der Waals surface area contributed by atoms with Gasteiger partial charge in [-0.25, -0.2) is 4.79 Å². The zero-order valence-corrected chi connectivity index (χ0v) is 16.6. The van der Waals surface area contributed by atoms with Crippen molar-refractivity contribution in [2.75, 3.05) is 0 Å². The van der Waals surface area contributed by atoms with Gasteiger partial charge in [-0.1, -0.05) is 79.2 Å². The second kappa shape index (κ2) is 8.33. The molecule has 0 aliphatic heterocycles. The molecule has 0 unspecified atom stereocenters. The Morgan fingerprint density at radius 3 is 1.65 bits per heavy atom. The summed E-state index contributed by atoms with van der Waals surface area (Å²) >= 11 is 0. The van der Waals surface area contributed by atoms with Crippen molar-refractivity contribution < 1.29 is 9.53 Å². The predicted molar refractivity (Wildman–Crippen MR) is 100 cm³/mol. The average Bonchev–Trinajstić information content (AvgIpc) is 2.40. The van der Waals surface area contributed by atoms with Crippen molar-refractivity contribution in [1.82, 2.24) is 0 Å². The normalized spacial score (nSPS) is 11.9. The molecule has 0 amide bonds. The first kappa shape index (κ1) is 21.4. The Morgan fingerprint density at radius 2 is 1.35 bits per heavy atom. The lowest BCUT2D eigenvalue weighted by atomic mass is 9.78. The molecule has 1 aromatic rings. The van der Waals surface area contributed by atoms with E-state index in [2.05, 4.69) is 60.6 Å². The standard InChI is InChI=1S/C19H28O2.C2H6/c1-9-10-16(20)21-17-14(18(3,4)5)11-13(2)12-15(17)19(6,7)8;1-2/h9-12H,1-8H3;1-2H3/b10-9+;. The number of carbonyl (C=O) groups is 1. The molecule has 0 aromatic heterocycles. The molecule has 130 valence electrons. The van der Waals surface area contributed by atoms with Gasteiger partial charge in [0.25, 0.3) is 0 Å². The SMILES string of the molecule is C/C=C/C(=O)Oc1c(C(C)(C)C)cc(C)cc1C(C)(C)C.CC. The van der Waals surface area contributed by atoms with E-state index in [1.807, 2.05) is 20.8 Å². The van der Waals surface area contributed by atoms with Crippen molar-refractivity contribution in [3.05, 3.63) is 41.0 Å². The third-order valence-corrected chi connectivity index (χ3v) is 3.35. The zero-order valence-electron chi connectivity index (χ0n) is 16.6. The maximum Gasteiger partial charge on any atom is 0.335 e. The maximum absolute atomic E-state index is 11.9. The molecule has 23 heavy (non-hydrogen) atoms. The number of carbonyl (C=O) groups excluding carboxylic acids is 1. The van der Waals surface area contributed by atoms with Gasteiger partial charge in [0.05, 0.1) is 0 Å². The molecular weight excluding hydrogens is 284 g/mol. The highest BCUT2D eigenvalue weighted by atomic mass is 16.5. The van der Waals surface area contributed by atoms with Gasteiger partial charge < -0.3 is 4.74 Å². The number of esters is 1. The van der Waals surface area contributed by atoms with Gasteiger partial charge in [0.1, 0.15) is 5.75 Å². The lowest BCUT2D eigenvalue weighted by Gasteiger charge is -2.29. The molecule has 0 radical (unpaired) electrons. The van der Waals surface area contributed by atoms with Crippen LogP contribution in [0.1, 0.15) is 79.0 Å². The summed E-state index contributed by atoms with van der Waals surface area (Å²) in [4.78, 5) is 11.9. The summed E-state index contributed by atoms with van der Waals surface area (Å²) in [5, 5.41) is 0. The number of hydrogen-bond donors (Lipinski definition) is 0. The van der Waals surface area contributed by atoms with Crippen LogP contribution in [0.3, 0.4) is 0 Å². The lowest BCUT2D eigenvalue weighted by molar-refractivity contribution is -0.129. The Morgan fingerprint density at radius 1 is 0.957 bits per heavy atom. The Balaban J connectivity index is 0.00000232. The Kier molecular flexibility index (Phi) is 7.76. The number of rotatable bonds is 2. The van der Waals surface area contributed by atoms with Crippen molar-refractivity contribution in [2.45, 2.75) is 80.1 Å². The van der Waals surface area contributed by atoms with Crippen LogP contribution in [-0.2, 0) is 15.6 Å². The first-order valence-corrected chi connectivity index (χ1v) is 8.47. The number of benzene rings is 1. The van der Waals surface area contributed by atoms with Crippen LogP contribution in [0, 0.1) is 6.92 Å². The molecule has 0 heterocycles. The summed E-state index contributed by atoms with van der Waals surface area (Å²) in [5.41, 5.74) is 3.17. The van der Waals surface area contributed by atoms with Crippen LogP contribution in [-0.4, -0.2) is 5.97 Å². The van der Waals surface area contributed by atoms with E-state index >= 15 is 0 Å². The summed E-state index contributed by atoms with van der Waals surface area (Å²) in [6.07, 6.45) is 3.16. The highest BCUT2D eigenvalue weighted by Crippen LogP contribution is 2.40. The monoisotopic (exact) mass is 318 g/mol. The van der Waals surface area contributed by atoms with Gasteiger partial charge in [-0.15, -0.1) is 0 Å². The van der Waals surface area contributed by atoms with E-state index in [1.54, 1.807) is 6.08 Å². The Hall–Kier alpha value is -1.57. The molecule has 0 N–H and O–H groups in total. The quantitative estimate of drug-likeness (QED) is 0.374. The second-order valence-corrected chi connectivity index (χ2v) is 7.61. The van der Waals surface area contributed by atoms with Gasteiger partial charge >= 0.3 is 5.97 Å². The summed E-state index contributed by atoms with van der Waals surface area (Å²) in [6.45, 7) is 20.7. The molecule has 0 spiro atoms. The van der Waals surface area contributed by atoms with E-state index in [4.69, 9.17) is 4.74 Å². The van der Waals surface area contributed by atoms with Gasteiger partial charge in [0.15, 0.2) is 0 Å². The molecular formula is C21H34O2. The predicted octanol–water partition coefficient (Wildman–Crippen LogP) is 6.10. The topological polar surface area (TPSA) is 26.3 Å². The summed E-state index contributed by atoms with van der Waals surface area (Å²) in [7, 11) is 0. The minimum Gasteiger partial charge on any atom is -0.423 e. The Bertz CT molecular complexity index is 517. The molecule has 0 bridgehead atoms. The van der Waals surface area contributed by atoms with Gasteiger partial charge in [0.2, 0.25) is 0 Å². The number of hydrogen-bond acceptors (Lipinski definition) is 2. The van der Waals surface area contributed by atoms with Crippen molar-refractivity contribution in [3.63, 3.8) is 0 Å². The zero-order chi connectivity index (χ0) is 18.4. The molecule has 2 heteroatoms. The molecule has 0 fully saturated rings. The highest BCUT2D eigenvalue weighted by Gasteiger charge is 2.28. The highest BCUT2D eigenvalue weighted by molar-refractivity contribution is 5.84. The van der Waals surface area contributed by atoms with Crippen LogP contribution in [0.25, 0.3) is 0 Å². The largest absolute Gasteiger partial charge is 0.423 e. The average molecular weight is 319 g/mol. The van der Waals surface area contributed by atoms with Crippen LogP contribution in [0.4, 0.5) is 0 Å². The van der Waals surface area contributed by atoms with Crippen LogP contribution in [0.5, 0.6) is 5.75 Å². The summed E-state index contributed by atoms with van der Waals surface area (Å²) in [6, 6.07) is 4.24. The van der Waals surface area contributed by atoms with Gasteiger partial charge in [0, 0.05) is 17.2 Å².